The first-order valence-electron chi connectivity index (χ1n) is 10.0. The van der Waals surface area contributed by atoms with Crippen LogP contribution in [0.2, 0.25) is 0 Å². The zero-order valence-corrected chi connectivity index (χ0v) is 17.8. The lowest BCUT2D eigenvalue weighted by Crippen LogP contribution is -2.47. The lowest BCUT2D eigenvalue weighted by molar-refractivity contribution is -0.142. The number of rotatable bonds is 7. The molecule has 10 heteroatoms. The van der Waals surface area contributed by atoms with E-state index in [9.17, 15) is 18.3 Å². The third-order valence-corrected chi connectivity index (χ3v) is 6.01. The van der Waals surface area contributed by atoms with Crippen molar-refractivity contribution in [3.05, 3.63) is 53.9 Å². The highest BCUT2D eigenvalue weighted by Crippen LogP contribution is 2.47. The van der Waals surface area contributed by atoms with Gasteiger partial charge >= 0.3 is 0 Å². The molecule has 2 aromatic rings. The number of hydrogen-bond acceptors (Lipinski definition) is 7. The van der Waals surface area contributed by atoms with Gasteiger partial charge in [-0.2, -0.15) is 0 Å². The normalized spacial score (nSPS) is 24.6. The number of nitrogens with one attached hydrogen (secondary N) is 2. The van der Waals surface area contributed by atoms with Crippen LogP contribution in [0, 0.1) is 0 Å². The SMILES string of the molecule is CS(=O)(=O)Nc1ccc2c(c1)[C@@H]1C[C@H](CC(=O)NCc3ccccn3)O[C@@H](CO)[C@@H]1O2. The standard InChI is InChI=1S/C21H25N3O6S/c1-31(27,28)24-13-5-6-18-16(8-13)17-9-15(29-19(12-25)21(17)30-18)10-20(26)23-11-14-4-2-3-7-22-14/h2-8,15,17,19,21,24-25H,9-12H2,1H3,(H,23,26)/t15-,17+,19+,21-/m1/s1. The average Bonchev–Trinajstić information content (AvgIpc) is 3.09. The topological polar surface area (TPSA) is 127 Å². The summed E-state index contributed by atoms with van der Waals surface area (Å²) in [4.78, 5) is 16.6. The zero-order chi connectivity index (χ0) is 22.0. The van der Waals surface area contributed by atoms with Crippen LogP contribution >= 0.6 is 0 Å². The summed E-state index contributed by atoms with van der Waals surface area (Å²) in [5.74, 6) is 0.351. The molecule has 9 nitrogen and oxygen atoms in total. The minimum atomic E-state index is -3.41. The first-order valence-corrected chi connectivity index (χ1v) is 11.9. The van der Waals surface area contributed by atoms with Gasteiger partial charge in [-0.15, -0.1) is 0 Å². The highest BCUT2D eigenvalue weighted by atomic mass is 32.2. The van der Waals surface area contributed by atoms with Crippen LogP contribution in [0.25, 0.3) is 0 Å². The van der Waals surface area contributed by atoms with Crippen molar-refractivity contribution >= 4 is 21.6 Å². The summed E-state index contributed by atoms with van der Waals surface area (Å²) in [5, 5.41) is 12.7. The summed E-state index contributed by atoms with van der Waals surface area (Å²) < 4.78 is 37.6. The number of amides is 1. The van der Waals surface area contributed by atoms with Gasteiger partial charge in [-0.25, -0.2) is 8.42 Å². The number of ether oxygens (including phenoxy) is 2. The molecule has 0 aliphatic carbocycles. The zero-order valence-electron chi connectivity index (χ0n) is 17.0. The molecule has 166 valence electrons. The molecule has 1 fully saturated rings. The Labute approximate surface area is 180 Å². The third kappa shape index (κ3) is 5.15. The Morgan fingerprint density at radius 2 is 2.13 bits per heavy atom. The van der Waals surface area contributed by atoms with Gasteiger partial charge in [0.1, 0.15) is 18.0 Å². The lowest BCUT2D eigenvalue weighted by Gasteiger charge is -2.37. The maximum Gasteiger partial charge on any atom is 0.229 e. The number of aliphatic hydroxyl groups excluding tert-OH is 1. The highest BCUT2D eigenvalue weighted by Gasteiger charge is 2.46. The van der Waals surface area contributed by atoms with Gasteiger partial charge < -0.3 is 19.9 Å². The van der Waals surface area contributed by atoms with Crippen LogP contribution in [0.1, 0.15) is 30.0 Å². The molecule has 0 bridgehead atoms. The molecule has 0 saturated carbocycles. The van der Waals surface area contributed by atoms with Gasteiger partial charge in [-0.05, 0) is 36.8 Å². The fourth-order valence-corrected chi connectivity index (χ4v) is 4.69. The van der Waals surface area contributed by atoms with Gasteiger partial charge in [0, 0.05) is 23.4 Å². The first kappa shape index (κ1) is 21.5. The Kier molecular flexibility index (Phi) is 6.12. The summed E-state index contributed by atoms with van der Waals surface area (Å²) in [7, 11) is -3.41. The number of nitrogens with zero attached hydrogens (tertiary/aromatic N) is 1. The summed E-state index contributed by atoms with van der Waals surface area (Å²) >= 11 is 0. The van der Waals surface area contributed by atoms with Crippen LogP contribution in [0.15, 0.2) is 42.6 Å². The number of anilines is 1. The molecule has 0 spiro atoms. The average molecular weight is 448 g/mol. The number of benzene rings is 1. The number of aliphatic hydroxyl groups is 1. The number of fused-ring (bicyclic) bond motifs is 3. The van der Waals surface area contributed by atoms with Crippen molar-refractivity contribution in [2.45, 2.75) is 43.6 Å². The van der Waals surface area contributed by atoms with Gasteiger partial charge in [-0.1, -0.05) is 6.07 Å². The number of pyridine rings is 1. The van der Waals surface area contributed by atoms with Crippen LogP contribution in [0.4, 0.5) is 5.69 Å². The van der Waals surface area contributed by atoms with Crippen molar-refractivity contribution in [3.8, 4) is 5.75 Å². The van der Waals surface area contributed by atoms with Crippen molar-refractivity contribution in [2.24, 2.45) is 0 Å². The molecule has 1 saturated heterocycles. The number of carbonyl (C=O) groups is 1. The molecule has 0 unspecified atom stereocenters. The Morgan fingerprint density at radius 1 is 1.29 bits per heavy atom. The Bertz CT molecular complexity index is 1050. The van der Waals surface area contributed by atoms with Crippen molar-refractivity contribution < 1.29 is 27.8 Å². The Balaban J connectivity index is 1.45. The minimum absolute atomic E-state index is 0.115. The van der Waals surface area contributed by atoms with Crippen LogP contribution < -0.4 is 14.8 Å². The van der Waals surface area contributed by atoms with E-state index < -0.39 is 22.2 Å². The summed E-state index contributed by atoms with van der Waals surface area (Å²) in [6, 6.07) is 10.6. The fraction of sp³-hybridized carbons (Fsp3) is 0.429. The van der Waals surface area contributed by atoms with Crippen LogP contribution in [0.3, 0.4) is 0 Å². The molecule has 1 aromatic carbocycles. The van der Waals surface area contributed by atoms with Crippen LogP contribution in [-0.2, 0) is 26.1 Å². The summed E-state index contributed by atoms with van der Waals surface area (Å²) in [5.41, 5.74) is 2.05. The van der Waals surface area contributed by atoms with E-state index >= 15 is 0 Å². The maximum atomic E-state index is 12.4. The number of sulfonamides is 1. The van der Waals surface area contributed by atoms with Gasteiger partial charge in [0.25, 0.3) is 0 Å². The van der Waals surface area contributed by atoms with Crippen molar-refractivity contribution in [1.82, 2.24) is 10.3 Å². The second-order valence-electron chi connectivity index (χ2n) is 7.83. The molecule has 0 radical (unpaired) electrons. The molecule has 2 aliphatic rings. The van der Waals surface area contributed by atoms with E-state index in [4.69, 9.17) is 9.47 Å². The molecule has 3 N–H and O–H groups in total. The number of aromatic nitrogens is 1. The van der Waals surface area contributed by atoms with Gasteiger partial charge in [0.15, 0.2) is 0 Å². The van der Waals surface area contributed by atoms with E-state index in [0.29, 0.717) is 24.4 Å². The number of hydrogen-bond donors (Lipinski definition) is 3. The Hall–Kier alpha value is -2.69. The summed E-state index contributed by atoms with van der Waals surface area (Å²) in [6.07, 6.45) is 2.06. The molecular formula is C21H25N3O6S. The second kappa shape index (κ2) is 8.81. The van der Waals surface area contributed by atoms with Crippen molar-refractivity contribution in [1.29, 1.82) is 0 Å². The molecule has 1 amide bonds. The van der Waals surface area contributed by atoms with E-state index in [1.165, 1.54) is 0 Å². The lowest BCUT2D eigenvalue weighted by atomic mass is 9.84. The van der Waals surface area contributed by atoms with Crippen molar-refractivity contribution in [2.75, 3.05) is 17.6 Å². The first-order chi connectivity index (χ1) is 14.8. The van der Waals surface area contributed by atoms with E-state index in [1.807, 2.05) is 18.2 Å². The minimum Gasteiger partial charge on any atom is -0.487 e. The highest BCUT2D eigenvalue weighted by molar-refractivity contribution is 7.92. The van der Waals surface area contributed by atoms with E-state index in [2.05, 4.69) is 15.0 Å². The maximum absolute atomic E-state index is 12.4. The molecule has 4 atom stereocenters. The second-order valence-corrected chi connectivity index (χ2v) is 9.58. The molecular weight excluding hydrogens is 422 g/mol. The molecule has 2 aliphatic heterocycles. The van der Waals surface area contributed by atoms with Crippen LogP contribution in [0.5, 0.6) is 5.75 Å². The van der Waals surface area contributed by atoms with E-state index in [0.717, 1.165) is 17.5 Å². The largest absolute Gasteiger partial charge is 0.487 e. The molecule has 31 heavy (non-hydrogen) atoms. The van der Waals surface area contributed by atoms with Crippen molar-refractivity contribution in [3.63, 3.8) is 0 Å². The number of carbonyl (C=O) groups excluding carboxylic acids is 1. The van der Waals surface area contributed by atoms with Crippen LogP contribution in [-0.4, -0.2) is 55.6 Å². The quantitative estimate of drug-likeness (QED) is 0.581. The predicted octanol–water partition coefficient (Wildman–Crippen LogP) is 1.15. The fourth-order valence-electron chi connectivity index (χ4n) is 4.14. The van der Waals surface area contributed by atoms with Gasteiger partial charge in [0.2, 0.25) is 15.9 Å². The smallest absolute Gasteiger partial charge is 0.229 e. The molecule has 1 aromatic heterocycles. The van der Waals surface area contributed by atoms with Gasteiger partial charge in [-0.3, -0.25) is 14.5 Å². The Morgan fingerprint density at radius 3 is 2.84 bits per heavy atom. The summed E-state index contributed by atoms with van der Waals surface area (Å²) in [6.45, 7) is 0.0873. The van der Waals surface area contributed by atoms with Gasteiger partial charge in [0.05, 0.1) is 37.6 Å². The predicted molar refractivity (Wildman–Crippen MR) is 113 cm³/mol. The van der Waals surface area contributed by atoms with E-state index in [-0.39, 0.29) is 31.0 Å². The monoisotopic (exact) mass is 447 g/mol. The molecule has 3 heterocycles. The van der Waals surface area contributed by atoms with E-state index in [1.54, 1.807) is 24.4 Å². The third-order valence-electron chi connectivity index (χ3n) is 5.41. The molecule has 4 rings (SSSR count).